The molecule has 2 rings (SSSR count). The van der Waals surface area contributed by atoms with E-state index in [1.54, 1.807) is 23.9 Å². The molecule has 1 aliphatic heterocycles. The Kier molecular flexibility index (Phi) is 4.46. The summed E-state index contributed by atoms with van der Waals surface area (Å²) in [5.41, 5.74) is 3.38. The molecular formula is C14H17ClO2S. The first-order valence-corrected chi connectivity index (χ1v) is 7.61. The molecule has 1 atom stereocenters. The van der Waals surface area contributed by atoms with Gasteiger partial charge in [0.05, 0.1) is 0 Å². The second kappa shape index (κ2) is 5.89. The molecule has 2 N–H and O–H groups in total. The fourth-order valence-corrected chi connectivity index (χ4v) is 3.74. The standard InChI is InChI=1S/C14H17ClO2S/c1-2-3-9-8-18-14(4-5-15)11-7-13(17)12(16)6-10(9)11/h6-8,14,16-17H,2-5H2,1H3. The summed E-state index contributed by atoms with van der Waals surface area (Å²) in [5.74, 6) is 0.495. The molecule has 0 radical (unpaired) electrons. The van der Waals surface area contributed by atoms with Gasteiger partial charge in [-0.1, -0.05) is 13.3 Å². The van der Waals surface area contributed by atoms with Gasteiger partial charge in [-0.05, 0) is 47.1 Å². The first kappa shape index (κ1) is 13.6. The third-order valence-electron chi connectivity index (χ3n) is 3.10. The largest absolute Gasteiger partial charge is 0.504 e. The molecule has 0 amide bonds. The van der Waals surface area contributed by atoms with E-state index < -0.39 is 0 Å². The van der Waals surface area contributed by atoms with Crippen LogP contribution in [0.4, 0.5) is 0 Å². The molecular weight excluding hydrogens is 268 g/mol. The van der Waals surface area contributed by atoms with E-state index in [9.17, 15) is 10.2 Å². The van der Waals surface area contributed by atoms with Crippen molar-refractivity contribution in [2.45, 2.75) is 31.4 Å². The van der Waals surface area contributed by atoms with Crippen LogP contribution in [0.2, 0.25) is 0 Å². The van der Waals surface area contributed by atoms with Gasteiger partial charge in [-0.3, -0.25) is 0 Å². The van der Waals surface area contributed by atoms with Crippen molar-refractivity contribution in [2.75, 3.05) is 5.88 Å². The predicted molar refractivity (Wildman–Crippen MR) is 78.3 cm³/mol. The normalized spacial score (nSPS) is 18.3. The van der Waals surface area contributed by atoms with Gasteiger partial charge in [0.15, 0.2) is 11.5 Å². The van der Waals surface area contributed by atoms with Gasteiger partial charge in [0.2, 0.25) is 0 Å². The molecule has 1 unspecified atom stereocenters. The van der Waals surface area contributed by atoms with Crippen LogP contribution in [0.15, 0.2) is 17.5 Å². The van der Waals surface area contributed by atoms with Crippen LogP contribution in [-0.4, -0.2) is 16.1 Å². The number of benzene rings is 1. The van der Waals surface area contributed by atoms with Crippen molar-refractivity contribution in [3.8, 4) is 11.5 Å². The molecule has 0 fully saturated rings. The molecule has 4 heteroatoms. The molecule has 1 aliphatic rings. The number of hydrogen-bond acceptors (Lipinski definition) is 3. The number of phenols is 2. The molecule has 0 spiro atoms. The zero-order valence-electron chi connectivity index (χ0n) is 10.3. The monoisotopic (exact) mass is 284 g/mol. The van der Waals surface area contributed by atoms with Crippen LogP contribution in [0.1, 0.15) is 42.6 Å². The average molecular weight is 285 g/mol. The van der Waals surface area contributed by atoms with Crippen molar-refractivity contribution in [3.63, 3.8) is 0 Å². The van der Waals surface area contributed by atoms with Gasteiger partial charge in [0.25, 0.3) is 0 Å². The van der Waals surface area contributed by atoms with E-state index in [0.29, 0.717) is 5.88 Å². The topological polar surface area (TPSA) is 40.5 Å². The summed E-state index contributed by atoms with van der Waals surface area (Å²) in [4.78, 5) is 0. The number of rotatable bonds is 4. The molecule has 0 saturated heterocycles. The van der Waals surface area contributed by atoms with Crippen LogP contribution in [0.25, 0.3) is 5.57 Å². The van der Waals surface area contributed by atoms with Crippen molar-refractivity contribution >= 4 is 28.9 Å². The molecule has 0 saturated carbocycles. The van der Waals surface area contributed by atoms with Crippen LogP contribution in [0, 0.1) is 0 Å². The maximum atomic E-state index is 9.67. The summed E-state index contributed by atoms with van der Waals surface area (Å²) in [6, 6.07) is 3.35. The summed E-state index contributed by atoms with van der Waals surface area (Å²) in [6.07, 6.45) is 2.91. The third kappa shape index (κ3) is 2.62. The van der Waals surface area contributed by atoms with Crippen molar-refractivity contribution in [1.29, 1.82) is 0 Å². The predicted octanol–water partition coefficient (Wildman–Crippen LogP) is 4.66. The van der Waals surface area contributed by atoms with Gasteiger partial charge in [0.1, 0.15) is 0 Å². The van der Waals surface area contributed by atoms with Gasteiger partial charge < -0.3 is 10.2 Å². The summed E-state index contributed by atoms with van der Waals surface area (Å²) < 4.78 is 0. The Morgan fingerprint density at radius 1 is 1.28 bits per heavy atom. The van der Waals surface area contributed by atoms with E-state index in [1.165, 1.54) is 5.57 Å². The van der Waals surface area contributed by atoms with Crippen LogP contribution < -0.4 is 0 Å². The second-order valence-electron chi connectivity index (χ2n) is 4.42. The SMILES string of the molecule is CCCC1=CSC(CCCl)c2cc(O)c(O)cc21. The average Bonchev–Trinajstić information content (AvgIpc) is 2.35. The number of thioether (sulfide) groups is 1. The quantitative estimate of drug-likeness (QED) is 0.624. The summed E-state index contributed by atoms with van der Waals surface area (Å²) in [7, 11) is 0. The maximum absolute atomic E-state index is 9.67. The molecule has 1 heterocycles. The van der Waals surface area contributed by atoms with Crippen molar-refractivity contribution in [2.24, 2.45) is 0 Å². The molecule has 0 aromatic heterocycles. The number of fused-ring (bicyclic) bond motifs is 1. The van der Waals surface area contributed by atoms with Crippen LogP contribution >= 0.6 is 23.4 Å². The zero-order valence-corrected chi connectivity index (χ0v) is 11.9. The lowest BCUT2D eigenvalue weighted by molar-refractivity contribution is 0.403. The first-order valence-electron chi connectivity index (χ1n) is 6.14. The lowest BCUT2D eigenvalue weighted by Gasteiger charge is -2.25. The number of halogens is 1. The van der Waals surface area contributed by atoms with Gasteiger partial charge in [0, 0.05) is 11.1 Å². The highest BCUT2D eigenvalue weighted by Crippen LogP contribution is 2.47. The summed E-state index contributed by atoms with van der Waals surface area (Å²) in [5, 5.41) is 21.8. The Hall–Kier alpha value is -0.800. The molecule has 0 bridgehead atoms. The highest BCUT2D eigenvalue weighted by Gasteiger charge is 2.23. The molecule has 0 aliphatic carbocycles. The number of aromatic hydroxyl groups is 2. The third-order valence-corrected chi connectivity index (χ3v) is 4.56. The van der Waals surface area contributed by atoms with E-state index in [0.717, 1.165) is 30.4 Å². The van der Waals surface area contributed by atoms with Crippen LogP contribution in [-0.2, 0) is 0 Å². The van der Waals surface area contributed by atoms with Crippen LogP contribution in [0.3, 0.4) is 0 Å². The van der Waals surface area contributed by atoms with E-state index in [-0.39, 0.29) is 16.7 Å². The van der Waals surface area contributed by atoms with E-state index in [2.05, 4.69) is 12.3 Å². The molecule has 1 aromatic rings. The smallest absolute Gasteiger partial charge is 0.158 e. The fourth-order valence-electron chi connectivity index (χ4n) is 2.22. The van der Waals surface area contributed by atoms with Crippen LogP contribution in [0.5, 0.6) is 11.5 Å². The van der Waals surface area contributed by atoms with E-state index in [4.69, 9.17) is 11.6 Å². The van der Waals surface area contributed by atoms with Gasteiger partial charge in [-0.2, -0.15) is 0 Å². The summed E-state index contributed by atoms with van der Waals surface area (Å²) >= 11 is 7.58. The Morgan fingerprint density at radius 2 is 2.00 bits per heavy atom. The van der Waals surface area contributed by atoms with E-state index >= 15 is 0 Å². The number of hydrogen-bond donors (Lipinski definition) is 2. The van der Waals surface area contributed by atoms with Crippen molar-refractivity contribution in [3.05, 3.63) is 28.7 Å². The first-order chi connectivity index (χ1) is 8.67. The zero-order chi connectivity index (χ0) is 13.1. The Bertz CT molecular complexity index is 471. The van der Waals surface area contributed by atoms with Crippen molar-refractivity contribution < 1.29 is 10.2 Å². The number of allylic oxidation sites excluding steroid dienone is 1. The summed E-state index contributed by atoms with van der Waals surface area (Å²) in [6.45, 7) is 2.14. The van der Waals surface area contributed by atoms with Gasteiger partial charge in [-0.15, -0.1) is 23.4 Å². The minimum Gasteiger partial charge on any atom is -0.504 e. The Labute approximate surface area is 117 Å². The highest BCUT2D eigenvalue weighted by atomic mass is 35.5. The molecule has 98 valence electrons. The number of phenolic OH excluding ortho intramolecular Hbond substituents is 2. The van der Waals surface area contributed by atoms with Crippen molar-refractivity contribution in [1.82, 2.24) is 0 Å². The molecule has 18 heavy (non-hydrogen) atoms. The Morgan fingerprint density at radius 3 is 2.67 bits per heavy atom. The highest BCUT2D eigenvalue weighted by molar-refractivity contribution is 8.02. The van der Waals surface area contributed by atoms with Gasteiger partial charge in [-0.25, -0.2) is 0 Å². The molecule has 1 aromatic carbocycles. The fraction of sp³-hybridized carbons (Fsp3) is 0.429. The minimum atomic E-state index is -0.0494. The van der Waals surface area contributed by atoms with Gasteiger partial charge >= 0.3 is 0 Å². The maximum Gasteiger partial charge on any atom is 0.158 e. The number of alkyl halides is 1. The second-order valence-corrected chi connectivity index (χ2v) is 5.88. The minimum absolute atomic E-state index is 0.0488. The van der Waals surface area contributed by atoms with E-state index in [1.807, 2.05) is 0 Å². The molecule has 2 nitrogen and oxygen atoms in total. The lowest BCUT2D eigenvalue weighted by atomic mass is 9.93. The lowest BCUT2D eigenvalue weighted by Crippen LogP contribution is -2.04. The Balaban J connectivity index is 2.45.